The molecule has 2 aromatic carbocycles. The summed E-state index contributed by atoms with van der Waals surface area (Å²) in [5.74, 6) is 4.46. The number of nitrogens with zero attached hydrogens (tertiary/aromatic N) is 1. The molecule has 0 unspecified atom stereocenters. The maximum Gasteiger partial charge on any atom is 0.322 e. The number of benzene rings is 2. The Kier molecular flexibility index (Phi) is 5.23. The van der Waals surface area contributed by atoms with Crippen molar-refractivity contribution in [2.75, 3.05) is 13.2 Å². The van der Waals surface area contributed by atoms with E-state index in [1.165, 1.54) is 28.8 Å². The molecule has 8 nitrogen and oxygen atoms in total. The van der Waals surface area contributed by atoms with Gasteiger partial charge in [-0.25, -0.2) is 9.18 Å². The third-order valence-electron chi connectivity index (χ3n) is 5.03. The zero-order valence-corrected chi connectivity index (χ0v) is 16.2. The van der Waals surface area contributed by atoms with Crippen molar-refractivity contribution >= 4 is 22.7 Å². The van der Waals surface area contributed by atoms with E-state index in [2.05, 4.69) is 22.5 Å². The predicted octanol–water partition coefficient (Wildman–Crippen LogP) is 1.60. The van der Waals surface area contributed by atoms with Gasteiger partial charge in [-0.05, 0) is 35.9 Å². The van der Waals surface area contributed by atoms with Crippen LogP contribution in [0, 0.1) is 17.7 Å². The molecule has 0 radical (unpaired) electrons. The number of ether oxygens (including phenoxy) is 1. The van der Waals surface area contributed by atoms with E-state index in [0.29, 0.717) is 22.1 Å². The van der Waals surface area contributed by atoms with Gasteiger partial charge in [0.2, 0.25) is 0 Å². The Bertz CT molecular complexity index is 1230. The van der Waals surface area contributed by atoms with Crippen LogP contribution >= 0.6 is 0 Å². The van der Waals surface area contributed by atoms with Gasteiger partial charge in [0.1, 0.15) is 24.8 Å². The third-order valence-corrected chi connectivity index (χ3v) is 5.03. The highest BCUT2D eigenvalue weighted by atomic mass is 19.1. The fourth-order valence-electron chi connectivity index (χ4n) is 3.56. The number of aliphatic hydroxyl groups excluding tert-OH is 1. The van der Waals surface area contributed by atoms with Crippen LogP contribution in [-0.4, -0.2) is 39.9 Å². The van der Waals surface area contributed by atoms with Crippen LogP contribution in [-0.2, 0) is 16.9 Å². The van der Waals surface area contributed by atoms with Gasteiger partial charge < -0.3 is 24.8 Å². The molecule has 0 bridgehead atoms. The SMILES string of the molecule is O=C1NC(=O)[C@](Cn2cc3cc(OCC#CCO)ccc3c2O)(c2ccc(F)cc2)N1. The van der Waals surface area contributed by atoms with Gasteiger partial charge >= 0.3 is 6.03 Å². The van der Waals surface area contributed by atoms with E-state index in [1.807, 2.05) is 0 Å². The molecule has 2 heterocycles. The Labute approximate surface area is 176 Å². The van der Waals surface area contributed by atoms with Crippen molar-refractivity contribution in [2.24, 2.45) is 0 Å². The molecule has 1 saturated heterocycles. The summed E-state index contributed by atoms with van der Waals surface area (Å²) in [5, 5.41) is 25.4. The number of rotatable bonds is 5. The zero-order valence-electron chi connectivity index (χ0n) is 16.2. The molecular formula is C22H18FN3O5. The second-order valence-corrected chi connectivity index (χ2v) is 6.95. The summed E-state index contributed by atoms with van der Waals surface area (Å²) in [6, 6.07) is 9.57. The summed E-state index contributed by atoms with van der Waals surface area (Å²) in [4.78, 5) is 24.6. The molecule has 3 aromatic rings. The first kappa shape index (κ1) is 20.3. The van der Waals surface area contributed by atoms with Crippen LogP contribution < -0.4 is 15.4 Å². The number of halogens is 1. The van der Waals surface area contributed by atoms with Crippen molar-refractivity contribution in [3.8, 4) is 23.5 Å². The van der Waals surface area contributed by atoms with Gasteiger partial charge in [-0.15, -0.1) is 0 Å². The topological polar surface area (TPSA) is 113 Å². The van der Waals surface area contributed by atoms with E-state index in [9.17, 15) is 19.1 Å². The van der Waals surface area contributed by atoms with Crippen LogP contribution in [0.5, 0.6) is 11.6 Å². The summed E-state index contributed by atoms with van der Waals surface area (Å²) < 4.78 is 20.3. The summed E-state index contributed by atoms with van der Waals surface area (Å²) in [5.41, 5.74) is -1.14. The number of aromatic nitrogens is 1. The molecule has 1 aliphatic heterocycles. The lowest BCUT2D eigenvalue weighted by atomic mass is 9.89. The minimum atomic E-state index is -1.52. The summed E-state index contributed by atoms with van der Waals surface area (Å²) in [6.07, 6.45) is 1.62. The van der Waals surface area contributed by atoms with Gasteiger partial charge in [0, 0.05) is 17.0 Å². The Morgan fingerprint density at radius 3 is 2.58 bits per heavy atom. The highest BCUT2D eigenvalue weighted by Crippen LogP contribution is 2.34. The van der Waals surface area contributed by atoms with Crippen LogP contribution in [0.1, 0.15) is 5.56 Å². The van der Waals surface area contributed by atoms with E-state index in [0.717, 1.165) is 0 Å². The van der Waals surface area contributed by atoms with E-state index in [1.54, 1.807) is 24.4 Å². The first-order chi connectivity index (χ1) is 14.9. The van der Waals surface area contributed by atoms with Crippen LogP contribution in [0.4, 0.5) is 9.18 Å². The van der Waals surface area contributed by atoms with E-state index in [-0.39, 0.29) is 25.6 Å². The lowest BCUT2D eigenvalue weighted by Gasteiger charge is -2.27. The third kappa shape index (κ3) is 3.76. The molecular weight excluding hydrogens is 405 g/mol. The smallest absolute Gasteiger partial charge is 0.322 e. The Balaban J connectivity index is 1.69. The summed E-state index contributed by atoms with van der Waals surface area (Å²) >= 11 is 0. The molecule has 0 aliphatic carbocycles. The first-order valence-electron chi connectivity index (χ1n) is 9.34. The predicted molar refractivity (Wildman–Crippen MR) is 109 cm³/mol. The molecule has 158 valence electrons. The van der Waals surface area contributed by atoms with Gasteiger partial charge in [-0.2, -0.15) is 0 Å². The van der Waals surface area contributed by atoms with Crippen molar-refractivity contribution in [3.63, 3.8) is 0 Å². The van der Waals surface area contributed by atoms with Gasteiger partial charge in [0.05, 0.1) is 6.54 Å². The fraction of sp³-hybridized carbons (Fsp3) is 0.182. The minimum absolute atomic E-state index is 0.0959. The number of aliphatic hydroxyl groups is 1. The maximum absolute atomic E-state index is 13.4. The number of urea groups is 1. The molecule has 9 heteroatoms. The summed E-state index contributed by atoms with van der Waals surface area (Å²) in [7, 11) is 0. The van der Waals surface area contributed by atoms with Crippen molar-refractivity contribution in [2.45, 2.75) is 12.1 Å². The molecule has 0 spiro atoms. The van der Waals surface area contributed by atoms with Crippen molar-refractivity contribution in [1.29, 1.82) is 0 Å². The monoisotopic (exact) mass is 423 g/mol. The van der Waals surface area contributed by atoms with E-state index < -0.39 is 23.3 Å². The standard InChI is InChI=1S/C22H18FN3O5/c23-16-5-3-15(4-6-16)22(20(29)24-21(30)25-22)13-26-12-14-11-17(31-10-2-1-9-27)7-8-18(14)19(26)28/h3-8,11-12,27-28H,9-10,13H2,(H2,24,25,29,30)/t22-/m0/s1. The van der Waals surface area contributed by atoms with E-state index >= 15 is 0 Å². The fourth-order valence-corrected chi connectivity index (χ4v) is 3.56. The number of amides is 3. The Hall–Kier alpha value is -4.03. The molecule has 31 heavy (non-hydrogen) atoms. The molecule has 1 atom stereocenters. The normalized spacial score (nSPS) is 17.7. The number of carbonyl (C=O) groups is 2. The van der Waals surface area contributed by atoms with Crippen LogP contribution in [0.2, 0.25) is 0 Å². The lowest BCUT2D eigenvalue weighted by Crippen LogP contribution is -2.47. The molecule has 1 aliphatic rings. The molecule has 1 aromatic heterocycles. The zero-order chi connectivity index (χ0) is 22.0. The van der Waals surface area contributed by atoms with Gasteiger partial charge in [0.25, 0.3) is 5.91 Å². The van der Waals surface area contributed by atoms with Crippen LogP contribution in [0.15, 0.2) is 48.7 Å². The van der Waals surface area contributed by atoms with Gasteiger partial charge in [-0.3, -0.25) is 10.1 Å². The lowest BCUT2D eigenvalue weighted by molar-refractivity contribution is -0.124. The quantitative estimate of drug-likeness (QED) is 0.368. The Morgan fingerprint density at radius 1 is 1.13 bits per heavy atom. The maximum atomic E-state index is 13.4. The van der Waals surface area contributed by atoms with Crippen molar-refractivity contribution in [3.05, 3.63) is 60.0 Å². The minimum Gasteiger partial charge on any atom is -0.494 e. The second-order valence-electron chi connectivity index (χ2n) is 6.95. The highest BCUT2D eigenvalue weighted by molar-refractivity contribution is 6.07. The van der Waals surface area contributed by atoms with E-state index in [4.69, 9.17) is 9.84 Å². The molecule has 4 rings (SSSR count). The molecule has 4 N–H and O–H groups in total. The van der Waals surface area contributed by atoms with Crippen molar-refractivity contribution < 1.29 is 28.9 Å². The number of hydrogen-bond acceptors (Lipinski definition) is 5. The number of fused-ring (bicyclic) bond motifs is 1. The first-order valence-corrected chi connectivity index (χ1v) is 9.34. The van der Waals surface area contributed by atoms with Gasteiger partial charge in [-0.1, -0.05) is 24.0 Å². The number of hydrogen-bond donors (Lipinski definition) is 4. The van der Waals surface area contributed by atoms with Crippen LogP contribution in [0.3, 0.4) is 0 Å². The average Bonchev–Trinajstić information content (AvgIpc) is 3.21. The Morgan fingerprint density at radius 2 is 1.90 bits per heavy atom. The molecule has 3 amide bonds. The van der Waals surface area contributed by atoms with Crippen LogP contribution in [0.25, 0.3) is 10.8 Å². The number of aromatic hydroxyl groups is 1. The summed E-state index contributed by atoms with van der Waals surface area (Å²) in [6.45, 7) is -0.271. The molecule has 0 saturated carbocycles. The second kappa shape index (κ2) is 8.01. The average molecular weight is 423 g/mol. The van der Waals surface area contributed by atoms with Crippen molar-refractivity contribution in [1.82, 2.24) is 15.2 Å². The largest absolute Gasteiger partial charge is 0.494 e. The van der Waals surface area contributed by atoms with Gasteiger partial charge in [0.15, 0.2) is 11.4 Å². The number of imide groups is 1. The molecule has 1 fully saturated rings. The number of nitrogens with one attached hydrogen (secondary N) is 2. The highest BCUT2D eigenvalue weighted by Gasteiger charge is 2.48. The number of carbonyl (C=O) groups excluding carboxylic acids is 2.